The molecule has 4 aromatic rings. The summed E-state index contributed by atoms with van der Waals surface area (Å²) in [5.41, 5.74) is -1.69. The molecule has 0 saturated heterocycles. The van der Waals surface area contributed by atoms with Crippen LogP contribution < -0.4 is 18.9 Å². The van der Waals surface area contributed by atoms with Crippen LogP contribution in [0.2, 0.25) is 0 Å². The van der Waals surface area contributed by atoms with Gasteiger partial charge in [-0.1, -0.05) is 72.8 Å². The number of ether oxygens (including phenoxy) is 4. The molecule has 3 N–H and O–H groups in total. The average Bonchev–Trinajstić information content (AvgIpc) is 3.39. The van der Waals surface area contributed by atoms with Gasteiger partial charge in [-0.2, -0.15) is 0 Å². The standard InChI is InChI=1S/C33H30O8/c1-38-24-17-25(39-2)29-26(18-24)41-33(22-13-15-23(16-14-22)40-19-20-9-5-3-6-10-20)28(21-11-7-4-8-12-21)27(31(35)36)30(34)32(29,33)37/h3-18,27-28,30,34,37H,19H2,1-2H3,(H,35,36)/t27?,28?,30?,32-,33-/m0/s1. The second-order valence-electron chi connectivity index (χ2n) is 10.3. The van der Waals surface area contributed by atoms with Crippen molar-refractivity contribution >= 4 is 5.97 Å². The fourth-order valence-corrected chi connectivity index (χ4v) is 6.48. The van der Waals surface area contributed by atoms with E-state index in [1.807, 2.05) is 36.4 Å². The number of methoxy groups -OCH3 is 2. The molecular weight excluding hydrogens is 524 g/mol. The average molecular weight is 555 g/mol. The Bertz CT molecular complexity index is 1560. The molecule has 1 saturated carbocycles. The van der Waals surface area contributed by atoms with Crippen LogP contribution in [0.1, 0.15) is 28.2 Å². The van der Waals surface area contributed by atoms with Crippen molar-refractivity contribution in [3.05, 3.63) is 119 Å². The molecule has 6 rings (SSSR count). The molecular formula is C33H30O8. The Morgan fingerprint density at radius 1 is 0.878 bits per heavy atom. The topological polar surface area (TPSA) is 115 Å². The predicted octanol–water partition coefficient (Wildman–Crippen LogP) is 4.62. The Hall–Kier alpha value is -4.53. The maximum Gasteiger partial charge on any atom is 0.310 e. The van der Waals surface area contributed by atoms with Gasteiger partial charge in [-0.05, 0) is 28.8 Å². The van der Waals surface area contributed by atoms with Gasteiger partial charge in [-0.3, -0.25) is 4.79 Å². The third-order valence-electron chi connectivity index (χ3n) is 8.25. The third-order valence-corrected chi connectivity index (χ3v) is 8.25. The van der Waals surface area contributed by atoms with Crippen LogP contribution in [0.25, 0.3) is 0 Å². The van der Waals surface area contributed by atoms with Crippen molar-refractivity contribution in [2.75, 3.05) is 14.2 Å². The molecule has 8 heteroatoms. The molecule has 1 fully saturated rings. The highest BCUT2D eigenvalue weighted by Gasteiger charge is 2.78. The highest BCUT2D eigenvalue weighted by atomic mass is 16.5. The number of hydrogen-bond donors (Lipinski definition) is 3. The van der Waals surface area contributed by atoms with E-state index < -0.39 is 35.1 Å². The summed E-state index contributed by atoms with van der Waals surface area (Å²) in [5, 5.41) is 34.9. The molecule has 3 unspecified atom stereocenters. The van der Waals surface area contributed by atoms with E-state index in [4.69, 9.17) is 18.9 Å². The minimum atomic E-state index is -2.20. The predicted molar refractivity (Wildman–Crippen MR) is 149 cm³/mol. The van der Waals surface area contributed by atoms with E-state index in [-0.39, 0.29) is 17.1 Å². The molecule has 1 aliphatic carbocycles. The molecule has 210 valence electrons. The highest BCUT2D eigenvalue weighted by molar-refractivity contribution is 5.77. The lowest BCUT2D eigenvalue weighted by Crippen LogP contribution is -2.52. The van der Waals surface area contributed by atoms with E-state index in [1.165, 1.54) is 14.2 Å². The number of aliphatic hydroxyl groups excluding tert-OH is 1. The van der Waals surface area contributed by atoms with Crippen LogP contribution in [0.5, 0.6) is 23.0 Å². The summed E-state index contributed by atoms with van der Waals surface area (Å²) in [4.78, 5) is 12.8. The van der Waals surface area contributed by atoms with Crippen LogP contribution in [-0.4, -0.2) is 41.6 Å². The van der Waals surface area contributed by atoms with Crippen molar-refractivity contribution in [3.8, 4) is 23.0 Å². The minimum absolute atomic E-state index is 0.169. The van der Waals surface area contributed by atoms with E-state index in [2.05, 4.69) is 0 Å². The maximum absolute atomic E-state index is 12.8. The monoisotopic (exact) mass is 554 g/mol. The first kappa shape index (κ1) is 26.7. The molecule has 0 bridgehead atoms. The summed E-state index contributed by atoms with van der Waals surface area (Å²) in [6.07, 6.45) is -1.75. The molecule has 8 nitrogen and oxygen atoms in total. The first-order chi connectivity index (χ1) is 19.8. The zero-order chi connectivity index (χ0) is 28.8. The number of benzene rings is 4. The van der Waals surface area contributed by atoms with Crippen molar-refractivity contribution in [2.45, 2.75) is 29.8 Å². The summed E-state index contributed by atoms with van der Waals surface area (Å²) in [7, 11) is 2.93. The van der Waals surface area contributed by atoms with Gasteiger partial charge in [-0.25, -0.2) is 0 Å². The van der Waals surface area contributed by atoms with Crippen molar-refractivity contribution in [1.29, 1.82) is 0 Å². The first-order valence-electron chi connectivity index (χ1n) is 13.3. The van der Waals surface area contributed by atoms with Crippen LogP contribution in [0.3, 0.4) is 0 Å². The molecule has 0 aromatic heterocycles. The summed E-state index contributed by atoms with van der Waals surface area (Å²) < 4.78 is 23.8. The van der Waals surface area contributed by atoms with Crippen molar-refractivity contribution in [3.63, 3.8) is 0 Å². The normalized spacial score (nSPS) is 26.0. The lowest BCUT2D eigenvalue weighted by atomic mass is 9.70. The Morgan fingerprint density at radius 3 is 2.15 bits per heavy atom. The number of fused-ring (bicyclic) bond motifs is 3. The second-order valence-corrected chi connectivity index (χ2v) is 10.3. The van der Waals surface area contributed by atoms with Gasteiger partial charge in [0.05, 0.1) is 25.7 Å². The Balaban J connectivity index is 1.54. The number of carboxylic acid groups (broad SMARTS) is 1. The summed E-state index contributed by atoms with van der Waals surface area (Å²) in [6, 6.07) is 28.9. The summed E-state index contributed by atoms with van der Waals surface area (Å²) in [6.45, 7) is 0.362. The van der Waals surface area contributed by atoms with Crippen LogP contribution in [0.15, 0.2) is 97.1 Å². The molecule has 4 aromatic carbocycles. The number of carboxylic acids is 1. The summed E-state index contributed by atoms with van der Waals surface area (Å²) in [5.74, 6) is -2.20. The fraction of sp³-hybridized carbons (Fsp3) is 0.242. The van der Waals surface area contributed by atoms with Gasteiger partial charge < -0.3 is 34.3 Å². The lowest BCUT2D eigenvalue weighted by Gasteiger charge is -2.40. The lowest BCUT2D eigenvalue weighted by molar-refractivity contribution is -0.159. The van der Waals surface area contributed by atoms with Crippen LogP contribution in [0.4, 0.5) is 0 Å². The van der Waals surface area contributed by atoms with E-state index in [1.54, 1.807) is 60.7 Å². The number of aliphatic carboxylic acids is 1. The molecule has 2 aliphatic rings. The van der Waals surface area contributed by atoms with Gasteiger partial charge in [-0.15, -0.1) is 0 Å². The number of aliphatic hydroxyl groups is 2. The summed E-state index contributed by atoms with van der Waals surface area (Å²) >= 11 is 0. The Labute approximate surface area is 237 Å². The Kier molecular flexibility index (Phi) is 6.60. The first-order valence-corrected chi connectivity index (χ1v) is 13.3. The molecule has 1 heterocycles. The quantitative estimate of drug-likeness (QED) is 0.289. The van der Waals surface area contributed by atoms with Gasteiger partial charge in [0.1, 0.15) is 35.7 Å². The van der Waals surface area contributed by atoms with Gasteiger partial charge in [0.25, 0.3) is 0 Å². The third kappa shape index (κ3) is 3.94. The van der Waals surface area contributed by atoms with Crippen molar-refractivity contribution in [2.24, 2.45) is 5.92 Å². The van der Waals surface area contributed by atoms with E-state index in [0.717, 1.165) is 5.56 Å². The van der Waals surface area contributed by atoms with Crippen molar-refractivity contribution < 1.29 is 39.1 Å². The van der Waals surface area contributed by atoms with E-state index in [9.17, 15) is 20.1 Å². The zero-order valence-corrected chi connectivity index (χ0v) is 22.6. The largest absolute Gasteiger partial charge is 0.496 e. The molecule has 1 aliphatic heterocycles. The molecule has 5 atom stereocenters. The maximum atomic E-state index is 12.8. The highest BCUT2D eigenvalue weighted by Crippen LogP contribution is 2.70. The smallest absolute Gasteiger partial charge is 0.310 e. The van der Waals surface area contributed by atoms with Gasteiger partial charge >= 0.3 is 5.97 Å². The van der Waals surface area contributed by atoms with Gasteiger partial charge in [0.2, 0.25) is 0 Å². The molecule has 0 spiro atoms. The van der Waals surface area contributed by atoms with Crippen LogP contribution >= 0.6 is 0 Å². The number of hydrogen-bond acceptors (Lipinski definition) is 7. The molecule has 0 amide bonds. The fourth-order valence-electron chi connectivity index (χ4n) is 6.48. The molecule has 41 heavy (non-hydrogen) atoms. The van der Waals surface area contributed by atoms with E-state index >= 15 is 0 Å². The minimum Gasteiger partial charge on any atom is -0.496 e. The molecule has 0 radical (unpaired) electrons. The Morgan fingerprint density at radius 2 is 1.54 bits per heavy atom. The zero-order valence-electron chi connectivity index (χ0n) is 22.6. The van der Waals surface area contributed by atoms with Gasteiger partial charge in [0.15, 0.2) is 11.2 Å². The van der Waals surface area contributed by atoms with Crippen LogP contribution in [-0.2, 0) is 22.6 Å². The number of carbonyl (C=O) groups is 1. The second kappa shape index (κ2) is 10.1. The SMILES string of the molecule is COc1cc(OC)c2c(c1)O[C@@]1(c3ccc(OCc4ccccc4)cc3)C(c3ccccc3)C(C(=O)O)C(O)[C@@]21O. The van der Waals surface area contributed by atoms with Crippen LogP contribution in [0, 0.1) is 5.92 Å². The van der Waals surface area contributed by atoms with Gasteiger partial charge in [0, 0.05) is 18.1 Å². The number of rotatable bonds is 8. The van der Waals surface area contributed by atoms with Crippen molar-refractivity contribution in [1.82, 2.24) is 0 Å². The van der Waals surface area contributed by atoms with E-state index in [0.29, 0.717) is 29.2 Å².